The van der Waals surface area contributed by atoms with Crippen LogP contribution < -0.4 is 49.6 Å². The lowest BCUT2D eigenvalue weighted by Crippen LogP contribution is -2.86. The van der Waals surface area contributed by atoms with Crippen molar-refractivity contribution in [1.82, 2.24) is 49.7 Å². The van der Waals surface area contributed by atoms with Gasteiger partial charge in [-0.2, -0.15) is 9.97 Å². The van der Waals surface area contributed by atoms with Crippen LogP contribution in [0.15, 0.2) is 85.7 Å². The predicted octanol–water partition coefficient (Wildman–Crippen LogP) is 0.393. The summed E-state index contributed by atoms with van der Waals surface area (Å²) in [5.41, 5.74) is 16.9. The Hall–Kier alpha value is -5.90. The van der Waals surface area contributed by atoms with Crippen molar-refractivity contribution in [2.45, 2.75) is 66.5 Å². The second-order valence-electron chi connectivity index (χ2n) is 31.1. The van der Waals surface area contributed by atoms with E-state index < -0.39 is 96.7 Å². The van der Waals surface area contributed by atoms with Crippen LogP contribution in [-0.4, -0.2) is 357 Å². The molecule has 4 fully saturated rings. The predicted molar refractivity (Wildman–Crippen MR) is 516 cm³/mol. The number of methoxy groups -OCH3 is 2. The van der Waals surface area contributed by atoms with Gasteiger partial charge in [-0.3, -0.25) is 38.3 Å². The Bertz CT molecular complexity index is 4960. The number of aryl methyl sites for hydroxylation is 2. The van der Waals surface area contributed by atoms with Crippen molar-refractivity contribution in [3.63, 3.8) is 0 Å². The number of anilines is 11. The van der Waals surface area contributed by atoms with Gasteiger partial charge in [0.15, 0.2) is 11.6 Å². The fourth-order valence-electron chi connectivity index (χ4n) is 15.9. The summed E-state index contributed by atoms with van der Waals surface area (Å²) in [4.78, 5) is 44.0. The third-order valence-corrected chi connectivity index (χ3v) is 25.0. The molecule has 4 aliphatic rings. The van der Waals surface area contributed by atoms with Gasteiger partial charge in [0.1, 0.15) is 44.0 Å². The number of nitrogens with two attached hydrogens (primary N) is 1. The van der Waals surface area contributed by atoms with Crippen molar-refractivity contribution in [3.05, 3.63) is 112 Å². The molecule has 5 N–H and O–H groups in total. The quantitative estimate of drug-likeness (QED) is 0.0281. The van der Waals surface area contributed by atoms with Gasteiger partial charge in [-0.05, 0) is 270 Å². The van der Waals surface area contributed by atoms with E-state index in [4.69, 9.17) is 158 Å². The van der Waals surface area contributed by atoms with E-state index in [1.807, 2.05) is 0 Å². The second-order valence-corrected chi connectivity index (χ2v) is 36.3. The van der Waals surface area contributed by atoms with E-state index >= 15 is 0 Å². The minimum Gasteiger partial charge on any atom is -0.687 e. The minimum atomic E-state index is -3.63. The smallest absolute Gasteiger partial charge is 0.232 e. The summed E-state index contributed by atoms with van der Waals surface area (Å²) in [5, 5.41) is 9.97. The number of hydrogen-bond donors (Lipinski definition) is 4. The van der Waals surface area contributed by atoms with Crippen LogP contribution in [-0.2, 0) is 32.9 Å². The van der Waals surface area contributed by atoms with Crippen molar-refractivity contribution in [2.75, 3.05) is 133 Å². The van der Waals surface area contributed by atoms with E-state index in [9.17, 15) is 16.8 Å². The number of nitrogens with zero attached hydrogens (tertiary/aromatic N) is 14. The number of rotatable bonds is 29. The van der Waals surface area contributed by atoms with Crippen LogP contribution in [0.3, 0.4) is 0 Å². The van der Waals surface area contributed by atoms with Gasteiger partial charge < -0.3 is 48.7 Å². The number of nitrogen functional groups attached to an aromatic ring is 1. The first-order chi connectivity index (χ1) is 54.9. The van der Waals surface area contributed by atoms with Crippen molar-refractivity contribution >= 4 is 325 Å². The molecule has 4 aliphatic heterocycles. The van der Waals surface area contributed by atoms with Crippen LogP contribution in [0.4, 0.5) is 63.1 Å². The topological polar surface area (TPSA) is 271 Å². The molecule has 0 atom stereocenters. The molecule has 8 aromatic rings. The van der Waals surface area contributed by atoms with Gasteiger partial charge in [0.25, 0.3) is 0 Å². The number of ether oxygens (including phenoxy) is 2. The molecular weight excluding hydrogens is 1540 g/mol. The summed E-state index contributed by atoms with van der Waals surface area (Å²) in [7, 11) is 81.9. The van der Waals surface area contributed by atoms with E-state index in [1.54, 1.807) is 44.7 Å². The van der Waals surface area contributed by atoms with Crippen LogP contribution in [0.5, 0.6) is 11.5 Å². The highest BCUT2D eigenvalue weighted by Gasteiger charge is 2.54. The number of benzene rings is 4. The fraction of sp³-hybridized carbons (Fsp3) is 0.419. The highest BCUT2D eigenvalue weighted by Crippen LogP contribution is 2.48. The molecule has 0 amide bonds. The summed E-state index contributed by atoms with van der Waals surface area (Å²) in [6.07, 6.45) is 2.14. The van der Waals surface area contributed by atoms with Gasteiger partial charge in [0.05, 0.1) is 72.9 Å². The molecule has 8 heterocycles. The molecule has 0 bridgehead atoms. The maximum atomic E-state index is 12.6. The maximum absolute atomic E-state index is 12.6. The van der Waals surface area contributed by atoms with Gasteiger partial charge in [-0.25, -0.2) is 33.2 Å². The number of sulfonamides is 2. The number of halogens is 3. The number of hydrogen-bond acceptors (Lipinski definition) is 22. The Labute approximate surface area is 729 Å². The van der Waals surface area contributed by atoms with Gasteiger partial charge >= 0.3 is 0 Å². The first-order valence-corrected chi connectivity index (χ1v) is 42.8. The van der Waals surface area contributed by atoms with Crippen molar-refractivity contribution in [3.8, 4) is 11.5 Å². The van der Waals surface area contributed by atoms with Gasteiger partial charge in [0, 0.05) is 138 Å². The van der Waals surface area contributed by atoms with Crippen LogP contribution in [0.2, 0.25) is 15.3 Å². The Morgan fingerprint density at radius 1 is 0.513 bits per heavy atom. The van der Waals surface area contributed by atoms with E-state index in [0.29, 0.717) is 79.4 Å². The summed E-state index contributed by atoms with van der Waals surface area (Å²) in [5.74, 6) is 2.29. The third-order valence-electron chi connectivity index (χ3n) is 21.9. The molecule has 55 heteroatoms. The number of fused-ring (bicyclic) bond motifs is 2. The van der Waals surface area contributed by atoms with Gasteiger partial charge in [0.2, 0.25) is 31.3 Å². The number of aromatic nitrogens is 8. The van der Waals surface area contributed by atoms with Crippen molar-refractivity contribution < 1.29 is 26.3 Å². The van der Waals surface area contributed by atoms with E-state index in [-0.39, 0.29) is 27.0 Å². The molecule has 2 spiro atoms. The molecule has 117 heavy (non-hydrogen) atoms. The zero-order valence-corrected chi connectivity index (χ0v) is 72.0. The molecular formula is C62H77B26Cl3N18O6S2-. The summed E-state index contributed by atoms with van der Waals surface area (Å²) in [6, 6.07) is 16.5. The van der Waals surface area contributed by atoms with Crippen LogP contribution in [0.25, 0.3) is 22.1 Å². The molecule has 24 nitrogen and oxygen atoms in total. The molecule has 29 radical (unpaired) electrons. The van der Waals surface area contributed by atoms with Gasteiger partial charge in [-0.15, -0.1) is 0 Å². The third kappa shape index (κ3) is 22.3. The fourth-order valence-corrected chi connectivity index (χ4v) is 17.3. The molecule has 4 aromatic heterocycles. The zero-order valence-electron chi connectivity index (χ0n) is 68.1. The van der Waals surface area contributed by atoms with Gasteiger partial charge in [-0.1, -0.05) is 37.0 Å². The molecule has 0 unspecified atom stereocenters. The Morgan fingerprint density at radius 2 is 0.897 bits per heavy atom. The summed E-state index contributed by atoms with van der Waals surface area (Å²) < 4.78 is 62.8. The van der Waals surface area contributed by atoms with Crippen LogP contribution in [0, 0.1) is 10.8 Å². The highest BCUT2D eigenvalue weighted by atomic mass is 35.5. The average Bonchev–Trinajstić information content (AvgIpc) is 0.729. The molecule has 0 saturated carbocycles. The first kappa shape index (κ1) is 94.9. The Kier molecular flexibility index (Phi) is 32.4. The summed E-state index contributed by atoms with van der Waals surface area (Å²) >= 11 is 18.4. The van der Waals surface area contributed by atoms with Crippen molar-refractivity contribution in [2.24, 2.45) is 10.8 Å². The minimum absolute atomic E-state index is 0.00509. The molecule has 563 valence electrons. The zero-order chi connectivity index (χ0) is 86.4. The molecule has 4 saturated heterocycles. The Morgan fingerprint density at radius 3 is 1.27 bits per heavy atom. The van der Waals surface area contributed by atoms with E-state index in [2.05, 4.69) is 141 Å². The number of likely N-dealkylation sites (tertiary alicyclic amines) is 2. The molecule has 12 rings (SSSR count). The first-order valence-electron chi connectivity index (χ1n) is 38.0. The highest BCUT2D eigenvalue weighted by molar-refractivity contribution is 8.25. The van der Waals surface area contributed by atoms with Crippen LogP contribution >= 0.6 is 34.8 Å². The Balaban J connectivity index is 0.000000188. The lowest BCUT2D eigenvalue weighted by atomic mass is 8.34. The lowest BCUT2D eigenvalue weighted by Gasteiger charge is -2.62. The lowest BCUT2D eigenvalue weighted by molar-refractivity contribution is -0.0412. The molecule has 0 aliphatic carbocycles. The second kappa shape index (κ2) is 40.0. The average molecular weight is 1620 g/mol. The summed E-state index contributed by atoms with van der Waals surface area (Å²) in [6.45, 7) is 22.6. The monoisotopic (exact) mass is 1620 g/mol. The normalized spacial score (nSPS) is 14.4. The van der Waals surface area contributed by atoms with E-state index in [0.717, 1.165) is 90.4 Å². The maximum Gasteiger partial charge on any atom is 0.232 e. The standard InChI is InChI=1S/C31H38ClN9O3S.C17H27N3O.C14H12Cl2N6O2S.B26/c1-7-20-12-24(26(44-5)13-25(20)41-17-31(18-41)15-40(16-31)19(2)3)37-30-35-14-21(32)29(38-30)36-23-9-8-22-27(34-11-10-33-22)28(23)39(4)45(6,42)43;1-5-13-6-14(18)16(21-4)7-15(13)20-10-17(11-20)8-19(9-17)12(2)3;1-22(25(2,23)24)12-10(4-3-9-11(12)18-6-5-17-9)20-13-8(15)7-19-14(16)21-13;1-15(2)22(16(3)4)25(21(13)14)26(23(17(5)6)18(7)8)24(19(9)10)20(11)12/h8-14,19H,7,15-18H2,1-6H3,(H2,35,36,37,38);6-7,12H,5,8-11,18H2,1-4H3;3-7H,1-2H3,(H,19,20,21);/q;;;-1. The SMILES string of the molecule is CCc1cc(N)c(OC)cc1N1CC2(C1)CN(C(C)C)C2.CCc1cc(Nc2ncc(Cl)c(Nc3ccc4nccnc4c3N(C)S(C)(=O)=O)n2)c(OC)cc1N1CC2(C1)CN(C(C)C)C2.CN(c1c(Nc2nc(Cl)ncc2Cl)ccc2nccnc12)S(C)(=O)=O.[B]B([B])B(B([B])[B])B(B(B([B])[B])B([B])[B])B(B([B])[B])B(B([B])[B])B([B])[B-]. The number of nitrogens with one attached hydrogen (secondary N) is 3. The van der Waals surface area contributed by atoms with Crippen LogP contribution in [0.1, 0.15) is 52.7 Å². The largest absolute Gasteiger partial charge is 0.687 e. The van der Waals surface area contributed by atoms with Crippen molar-refractivity contribution in [1.29, 1.82) is 0 Å². The molecule has 4 aromatic carbocycles. The van der Waals surface area contributed by atoms with E-state index in [1.165, 1.54) is 80.7 Å².